The minimum Gasteiger partial charge on any atom is -0.342 e. The van der Waals surface area contributed by atoms with Crippen LogP contribution in [-0.4, -0.2) is 40.0 Å². The van der Waals surface area contributed by atoms with Gasteiger partial charge >= 0.3 is 0 Å². The van der Waals surface area contributed by atoms with Gasteiger partial charge in [-0.05, 0) is 24.2 Å². The van der Waals surface area contributed by atoms with Crippen LogP contribution >= 0.6 is 11.3 Å². The fourth-order valence-electron chi connectivity index (χ4n) is 3.64. The molecule has 6 nitrogen and oxygen atoms in total. The lowest BCUT2D eigenvalue weighted by Gasteiger charge is -2.27. The predicted molar refractivity (Wildman–Crippen MR) is 128 cm³/mol. The van der Waals surface area contributed by atoms with Gasteiger partial charge in [0.1, 0.15) is 5.01 Å². The van der Waals surface area contributed by atoms with Crippen LogP contribution in [0.15, 0.2) is 30.3 Å². The molecule has 7 heteroatoms. The van der Waals surface area contributed by atoms with Crippen molar-refractivity contribution in [2.24, 2.45) is 11.3 Å². The minimum atomic E-state index is -0.146. The number of aromatic nitrogens is 2. The van der Waals surface area contributed by atoms with Crippen molar-refractivity contribution in [1.82, 2.24) is 15.1 Å². The van der Waals surface area contributed by atoms with Gasteiger partial charge in [0.05, 0.1) is 0 Å². The maximum atomic E-state index is 12.9. The molecule has 1 N–H and O–H groups in total. The Bertz CT molecular complexity index is 830. The van der Waals surface area contributed by atoms with Crippen molar-refractivity contribution in [3.05, 3.63) is 30.3 Å². The lowest BCUT2D eigenvalue weighted by molar-refractivity contribution is -0.132. The molecule has 0 fully saturated rings. The second-order valence-corrected chi connectivity index (χ2v) is 10.4. The second-order valence-electron chi connectivity index (χ2n) is 9.38. The highest BCUT2D eigenvalue weighted by Crippen LogP contribution is 2.27. The topological polar surface area (TPSA) is 75.2 Å². The van der Waals surface area contributed by atoms with Gasteiger partial charge in [-0.25, -0.2) is 0 Å². The normalized spacial score (nSPS) is 12.4. The quantitative estimate of drug-likeness (QED) is 0.488. The van der Waals surface area contributed by atoms with Crippen molar-refractivity contribution in [3.8, 4) is 10.6 Å². The Kier molecular flexibility index (Phi) is 9.62. The maximum Gasteiger partial charge on any atom is 0.227 e. The van der Waals surface area contributed by atoms with Gasteiger partial charge in [-0.1, -0.05) is 82.7 Å². The van der Waals surface area contributed by atoms with Crippen molar-refractivity contribution < 1.29 is 9.59 Å². The van der Waals surface area contributed by atoms with Crippen LogP contribution in [0.25, 0.3) is 10.6 Å². The van der Waals surface area contributed by atoms with Gasteiger partial charge in [0.2, 0.25) is 16.9 Å². The van der Waals surface area contributed by atoms with Gasteiger partial charge < -0.3 is 10.2 Å². The first kappa shape index (κ1) is 25.0. The molecule has 1 aromatic carbocycles. The number of nitrogens with one attached hydrogen (secondary N) is 1. The van der Waals surface area contributed by atoms with Crippen LogP contribution in [0.4, 0.5) is 5.13 Å². The summed E-state index contributed by atoms with van der Waals surface area (Å²) >= 11 is 1.35. The summed E-state index contributed by atoms with van der Waals surface area (Å²) in [6, 6.07) is 9.76. The zero-order valence-corrected chi connectivity index (χ0v) is 20.3. The van der Waals surface area contributed by atoms with E-state index in [-0.39, 0.29) is 23.7 Å². The number of hydrogen-bond acceptors (Lipinski definition) is 5. The number of amides is 2. The van der Waals surface area contributed by atoms with E-state index in [4.69, 9.17) is 0 Å². The maximum absolute atomic E-state index is 12.9. The molecule has 0 saturated heterocycles. The van der Waals surface area contributed by atoms with Gasteiger partial charge in [0.15, 0.2) is 0 Å². The number of hydrogen-bond donors (Lipinski definition) is 1. The zero-order valence-electron chi connectivity index (χ0n) is 19.5. The van der Waals surface area contributed by atoms with E-state index in [2.05, 4.69) is 50.1 Å². The van der Waals surface area contributed by atoms with Crippen LogP contribution in [0.1, 0.15) is 66.7 Å². The predicted octanol–water partition coefficient (Wildman–Crippen LogP) is 5.62. The lowest BCUT2D eigenvalue weighted by Crippen LogP contribution is -2.35. The Labute approximate surface area is 190 Å². The summed E-state index contributed by atoms with van der Waals surface area (Å²) in [5.41, 5.74) is 1.18. The first-order chi connectivity index (χ1) is 14.7. The molecule has 31 heavy (non-hydrogen) atoms. The minimum absolute atomic E-state index is 0.139. The molecule has 0 saturated carbocycles. The van der Waals surface area contributed by atoms with Crippen LogP contribution in [0.5, 0.6) is 0 Å². The molecule has 1 atom stereocenters. The fourth-order valence-corrected chi connectivity index (χ4v) is 4.41. The highest BCUT2D eigenvalue weighted by atomic mass is 32.1. The third-order valence-electron chi connectivity index (χ3n) is 4.92. The van der Waals surface area contributed by atoms with Crippen molar-refractivity contribution in [2.45, 2.75) is 66.7 Å². The van der Waals surface area contributed by atoms with Crippen molar-refractivity contribution in [3.63, 3.8) is 0 Å². The standard InChI is InChI=1S/C24H36N4O2S/c1-6-7-14-28(21(30)16-18(2)17-24(3,4)5)15-13-20(29)25-23-27-26-22(31-23)19-11-9-8-10-12-19/h8-12,18H,6-7,13-17H2,1-5H3,(H,25,27,29)/t18-/m1/s1. The Balaban J connectivity index is 1.88. The lowest BCUT2D eigenvalue weighted by atomic mass is 9.84. The molecule has 2 amide bonds. The van der Waals surface area contributed by atoms with E-state index in [0.717, 1.165) is 29.8 Å². The molecule has 2 rings (SSSR count). The van der Waals surface area contributed by atoms with Gasteiger partial charge in [0, 0.05) is 31.5 Å². The average Bonchev–Trinajstić information content (AvgIpc) is 3.15. The van der Waals surface area contributed by atoms with E-state index in [9.17, 15) is 9.59 Å². The monoisotopic (exact) mass is 444 g/mol. The molecular weight excluding hydrogens is 408 g/mol. The van der Waals surface area contributed by atoms with Crippen LogP contribution in [0.3, 0.4) is 0 Å². The number of unbranched alkanes of at least 4 members (excludes halogenated alkanes) is 1. The summed E-state index contributed by atoms with van der Waals surface area (Å²) in [7, 11) is 0. The number of carbonyl (C=O) groups is 2. The first-order valence-corrected chi connectivity index (χ1v) is 12.0. The van der Waals surface area contributed by atoms with Crippen molar-refractivity contribution in [2.75, 3.05) is 18.4 Å². The highest BCUT2D eigenvalue weighted by molar-refractivity contribution is 7.18. The fraction of sp³-hybridized carbons (Fsp3) is 0.583. The molecule has 0 aliphatic rings. The van der Waals surface area contributed by atoms with Gasteiger partial charge in [0.25, 0.3) is 0 Å². The molecule has 0 radical (unpaired) electrons. The number of carbonyl (C=O) groups excluding carboxylic acids is 2. The van der Waals surface area contributed by atoms with Crippen LogP contribution < -0.4 is 5.32 Å². The van der Waals surface area contributed by atoms with Crippen LogP contribution in [0.2, 0.25) is 0 Å². The highest BCUT2D eigenvalue weighted by Gasteiger charge is 2.21. The summed E-state index contributed by atoms with van der Waals surface area (Å²) in [5.74, 6) is 0.316. The largest absolute Gasteiger partial charge is 0.342 e. The number of nitrogens with zero attached hydrogens (tertiary/aromatic N) is 3. The summed E-state index contributed by atoms with van der Waals surface area (Å²) in [5, 5.41) is 12.3. The number of benzene rings is 1. The molecule has 1 heterocycles. The molecule has 0 bridgehead atoms. The van der Waals surface area contributed by atoms with E-state index in [1.54, 1.807) is 0 Å². The zero-order chi connectivity index (χ0) is 22.9. The number of anilines is 1. The Morgan fingerprint density at radius 2 is 1.84 bits per heavy atom. The number of rotatable bonds is 11. The van der Waals surface area contributed by atoms with Crippen LogP contribution in [0, 0.1) is 11.3 Å². The molecule has 1 aromatic heterocycles. The summed E-state index contributed by atoms with van der Waals surface area (Å²) in [6.45, 7) is 12.0. The molecular formula is C24H36N4O2S. The molecule has 2 aromatic rings. The van der Waals surface area contributed by atoms with E-state index in [1.807, 2.05) is 35.2 Å². The van der Waals surface area contributed by atoms with Crippen LogP contribution in [-0.2, 0) is 9.59 Å². The Morgan fingerprint density at radius 1 is 1.13 bits per heavy atom. The van der Waals surface area contributed by atoms with Crippen molar-refractivity contribution in [1.29, 1.82) is 0 Å². The Morgan fingerprint density at radius 3 is 2.48 bits per heavy atom. The molecule has 170 valence electrons. The third-order valence-corrected chi connectivity index (χ3v) is 5.81. The molecule has 0 aliphatic carbocycles. The molecule has 0 spiro atoms. The van der Waals surface area contributed by atoms with Crippen molar-refractivity contribution >= 4 is 28.3 Å². The van der Waals surface area contributed by atoms with E-state index >= 15 is 0 Å². The average molecular weight is 445 g/mol. The van der Waals surface area contributed by atoms with Gasteiger partial charge in [-0.2, -0.15) is 0 Å². The SMILES string of the molecule is CCCCN(CCC(=O)Nc1nnc(-c2ccccc2)s1)C(=O)C[C@@H](C)CC(C)(C)C. The summed E-state index contributed by atoms with van der Waals surface area (Å²) in [6.07, 6.45) is 3.74. The molecule has 0 aliphatic heterocycles. The molecule has 0 unspecified atom stereocenters. The second kappa shape index (κ2) is 11.9. The first-order valence-electron chi connectivity index (χ1n) is 11.1. The van der Waals surface area contributed by atoms with Gasteiger partial charge in [-0.15, -0.1) is 10.2 Å². The Hall–Kier alpha value is -2.28. The van der Waals surface area contributed by atoms with E-state index in [0.29, 0.717) is 30.6 Å². The van der Waals surface area contributed by atoms with E-state index in [1.165, 1.54) is 11.3 Å². The van der Waals surface area contributed by atoms with Gasteiger partial charge in [-0.3, -0.25) is 9.59 Å². The summed E-state index contributed by atoms with van der Waals surface area (Å²) in [4.78, 5) is 27.2. The smallest absolute Gasteiger partial charge is 0.227 e. The third kappa shape index (κ3) is 9.17. The summed E-state index contributed by atoms with van der Waals surface area (Å²) < 4.78 is 0. The van der Waals surface area contributed by atoms with E-state index < -0.39 is 0 Å².